The van der Waals surface area contributed by atoms with Crippen LogP contribution in [0.2, 0.25) is 0 Å². The van der Waals surface area contributed by atoms with Crippen LogP contribution in [0.25, 0.3) is 0 Å². The lowest BCUT2D eigenvalue weighted by Crippen LogP contribution is -2.25. The second kappa shape index (κ2) is 6.72. The lowest BCUT2D eigenvalue weighted by atomic mass is 10.2. The number of aromatic nitrogens is 2. The molecule has 1 aromatic carbocycles. The van der Waals surface area contributed by atoms with Crippen molar-refractivity contribution in [3.8, 4) is 5.75 Å². The molecule has 6 heteroatoms. The van der Waals surface area contributed by atoms with E-state index >= 15 is 0 Å². The van der Waals surface area contributed by atoms with Crippen molar-refractivity contribution < 1.29 is 4.74 Å². The van der Waals surface area contributed by atoms with Crippen molar-refractivity contribution in [1.82, 2.24) is 9.97 Å². The molecule has 0 saturated heterocycles. The number of hydrogen-bond acceptors (Lipinski definition) is 5. The second-order valence-corrected chi connectivity index (χ2v) is 4.22. The molecule has 0 amide bonds. The van der Waals surface area contributed by atoms with Gasteiger partial charge in [-0.3, -0.25) is 4.79 Å². The first-order chi connectivity index (χ1) is 9.77. The molecule has 1 heterocycles. The van der Waals surface area contributed by atoms with E-state index in [1.807, 2.05) is 35.2 Å². The molecule has 1 aromatic heterocycles. The highest BCUT2D eigenvalue weighted by atomic mass is 16.5. The topological polar surface area (TPSA) is 84.2 Å². The fourth-order valence-corrected chi connectivity index (χ4v) is 1.97. The van der Waals surface area contributed by atoms with Crippen molar-refractivity contribution in [3.63, 3.8) is 0 Å². The molecule has 0 aliphatic heterocycles. The Morgan fingerprint density at radius 1 is 1.35 bits per heavy atom. The highest BCUT2D eigenvalue weighted by molar-refractivity contribution is 5.64. The van der Waals surface area contributed by atoms with Crippen molar-refractivity contribution >= 4 is 11.5 Å². The summed E-state index contributed by atoms with van der Waals surface area (Å²) in [5, 5.41) is 0. The highest BCUT2D eigenvalue weighted by Gasteiger charge is 2.17. The van der Waals surface area contributed by atoms with Gasteiger partial charge in [0.05, 0.1) is 13.4 Å². The van der Waals surface area contributed by atoms with E-state index in [1.54, 1.807) is 0 Å². The molecular weight excluding hydrogens is 256 g/mol. The van der Waals surface area contributed by atoms with Crippen LogP contribution in [0.4, 0.5) is 11.5 Å². The molecule has 106 valence electrons. The number of methoxy groups -OCH3 is 1. The first-order valence-corrected chi connectivity index (χ1v) is 6.42. The Morgan fingerprint density at radius 3 is 2.75 bits per heavy atom. The molecule has 2 aromatic rings. The third-order valence-corrected chi connectivity index (χ3v) is 2.91. The zero-order valence-corrected chi connectivity index (χ0v) is 11.4. The van der Waals surface area contributed by atoms with E-state index in [4.69, 9.17) is 10.5 Å². The molecule has 0 aliphatic rings. The van der Waals surface area contributed by atoms with Gasteiger partial charge in [-0.1, -0.05) is 18.2 Å². The summed E-state index contributed by atoms with van der Waals surface area (Å²) in [7, 11) is 1.46. The number of ether oxygens (including phenoxy) is 1. The number of aromatic amines is 1. The monoisotopic (exact) mass is 274 g/mol. The first kappa shape index (κ1) is 14.1. The maximum Gasteiger partial charge on any atom is 0.295 e. The van der Waals surface area contributed by atoms with Gasteiger partial charge >= 0.3 is 0 Å². The van der Waals surface area contributed by atoms with E-state index in [0.717, 1.165) is 12.1 Å². The Kier molecular flexibility index (Phi) is 4.73. The van der Waals surface area contributed by atoms with E-state index < -0.39 is 0 Å². The first-order valence-electron chi connectivity index (χ1n) is 6.42. The zero-order valence-electron chi connectivity index (χ0n) is 11.4. The number of H-pyrrole nitrogens is 1. The van der Waals surface area contributed by atoms with Crippen molar-refractivity contribution in [2.24, 2.45) is 5.73 Å². The van der Waals surface area contributed by atoms with E-state index in [0.29, 0.717) is 18.9 Å². The van der Waals surface area contributed by atoms with Crippen molar-refractivity contribution in [1.29, 1.82) is 0 Å². The minimum absolute atomic E-state index is 0.202. The Bertz CT molecular complexity index is 598. The molecule has 0 saturated carbocycles. The summed E-state index contributed by atoms with van der Waals surface area (Å²) in [4.78, 5) is 20.5. The lowest BCUT2D eigenvalue weighted by molar-refractivity contribution is 0.406. The van der Waals surface area contributed by atoms with Crippen LogP contribution in [-0.4, -0.2) is 30.2 Å². The van der Waals surface area contributed by atoms with Crippen LogP contribution in [0.15, 0.2) is 41.5 Å². The van der Waals surface area contributed by atoms with Gasteiger partial charge in [0.25, 0.3) is 5.56 Å². The second-order valence-electron chi connectivity index (χ2n) is 4.22. The molecule has 0 spiro atoms. The Morgan fingerprint density at radius 2 is 2.10 bits per heavy atom. The number of rotatable bonds is 6. The largest absolute Gasteiger partial charge is 0.488 e. The van der Waals surface area contributed by atoms with Crippen molar-refractivity contribution in [3.05, 3.63) is 47.0 Å². The molecule has 0 unspecified atom stereocenters. The van der Waals surface area contributed by atoms with Gasteiger partial charge in [-0.15, -0.1) is 0 Å². The van der Waals surface area contributed by atoms with Crippen LogP contribution in [0.5, 0.6) is 5.75 Å². The summed E-state index contributed by atoms with van der Waals surface area (Å²) in [5.74, 6) is 0.698. The van der Waals surface area contributed by atoms with Gasteiger partial charge in [0.2, 0.25) is 5.75 Å². The molecule has 3 N–H and O–H groups in total. The summed E-state index contributed by atoms with van der Waals surface area (Å²) < 4.78 is 5.18. The Hall–Kier alpha value is -2.34. The standard InChI is InChI=1S/C14H18N4O2/c1-20-12-13(16-10-17-14(12)19)18(9-5-8-15)11-6-3-2-4-7-11/h2-4,6-7,10H,5,8-9,15H2,1H3,(H,16,17,19). The number of nitrogens with zero attached hydrogens (tertiary/aromatic N) is 2. The predicted molar refractivity (Wildman–Crippen MR) is 78.5 cm³/mol. The van der Waals surface area contributed by atoms with Gasteiger partial charge in [0, 0.05) is 12.2 Å². The maximum atomic E-state index is 11.8. The van der Waals surface area contributed by atoms with Crippen LogP contribution in [0.1, 0.15) is 6.42 Å². The normalized spacial score (nSPS) is 10.3. The molecule has 0 bridgehead atoms. The minimum Gasteiger partial charge on any atom is -0.488 e. The summed E-state index contributed by atoms with van der Waals surface area (Å²) in [5.41, 5.74) is 6.23. The fourth-order valence-electron chi connectivity index (χ4n) is 1.97. The highest BCUT2D eigenvalue weighted by Crippen LogP contribution is 2.28. The third kappa shape index (κ3) is 2.97. The number of nitrogens with two attached hydrogens (primary N) is 1. The van der Waals surface area contributed by atoms with Gasteiger partial charge in [-0.2, -0.15) is 0 Å². The van der Waals surface area contributed by atoms with Gasteiger partial charge in [-0.25, -0.2) is 4.98 Å². The smallest absolute Gasteiger partial charge is 0.295 e. The van der Waals surface area contributed by atoms with Gasteiger partial charge in [-0.05, 0) is 25.1 Å². The van der Waals surface area contributed by atoms with E-state index in [2.05, 4.69) is 9.97 Å². The SMILES string of the molecule is COc1c(N(CCCN)c2ccccc2)nc[nH]c1=O. The third-order valence-electron chi connectivity index (χ3n) is 2.91. The van der Waals surface area contributed by atoms with Gasteiger partial charge in [0.1, 0.15) is 0 Å². The molecule has 20 heavy (non-hydrogen) atoms. The number of para-hydroxylation sites is 1. The van der Waals surface area contributed by atoms with Crippen LogP contribution < -0.4 is 20.9 Å². The van der Waals surface area contributed by atoms with Crippen molar-refractivity contribution in [2.75, 3.05) is 25.1 Å². The Labute approximate surface area is 117 Å². The van der Waals surface area contributed by atoms with Crippen LogP contribution >= 0.6 is 0 Å². The zero-order chi connectivity index (χ0) is 14.4. The summed E-state index contributed by atoms with van der Waals surface area (Å²) in [6.45, 7) is 1.22. The molecule has 0 aliphatic carbocycles. The van der Waals surface area contributed by atoms with Crippen LogP contribution in [0, 0.1) is 0 Å². The average Bonchev–Trinajstić information content (AvgIpc) is 2.49. The van der Waals surface area contributed by atoms with E-state index in [-0.39, 0.29) is 11.3 Å². The van der Waals surface area contributed by atoms with Gasteiger partial charge < -0.3 is 20.4 Å². The molecule has 6 nitrogen and oxygen atoms in total. The summed E-state index contributed by atoms with van der Waals surface area (Å²) in [6, 6.07) is 9.72. The lowest BCUT2D eigenvalue weighted by Gasteiger charge is -2.24. The average molecular weight is 274 g/mol. The van der Waals surface area contributed by atoms with Crippen LogP contribution in [0.3, 0.4) is 0 Å². The fraction of sp³-hybridized carbons (Fsp3) is 0.286. The van der Waals surface area contributed by atoms with Crippen molar-refractivity contribution in [2.45, 2.75) is 6.42 Å². The summed E-state index contributed by atoms with van der Waals surface area (Å²) in [6.07, 6.45) is 2.16. The number of nitrogens with one attached hydrogen (secondary N) is 1. The number of benzene rings is 1. The molecular formula is C14H18N4O2. The molecule has 0 radical (unpaired) electrons. The number of hydrogen-bond donors (Lipinski definition) is 2. The number of anilines is 2. The Balaban J connectivity index is 2.47. The van der Waals surface area contributed by atoms with Gasteiger partial charge in [0.15, 0.2) is 5.82 Å². The summed E-state index contributed by atoms with van der Waals surface area (Å²) >= 11 is 0. The maximum absolute atomic E-state index is 11.8. The molecule has 0 atom stereocenters. The van der Waals surface area contributed by atoms with Crippen LogP contribution in [-0.2, 0) is 0 Å². The quantitative estimate of drug-likeness (QED) is 0.828. The van der Waals surface area contributed by atoms with E-state index in [1.165, 1.54) is 13.4 Å². The molecule has 0 fully saturated rings. The molecule has 2 rings (SSSR count). The predicted octanol–water partition coefficient (Wildman–Crippen LogP) is 1.27. The minimum atomic E-state index is -0.300. The van der Waals surface area contributed by atoms with E-state index in [9.17, 15) is 4.79 Å².